The van der Waals surface area contributed by atoms with Gasteiger partial charge in [-0.2, -0.15) is 0 Å². The highest BCUT2D eigenvalue weighted by Crippen LogP contribution is 2.32. The van der Waals surface area contributed by atoms with E-state index in [4.69, 9.17) is 0 Å². The van der Waals surface area contributed by atoms with Crippen LogP contribution in [0.15, 0.2) is 22.9 Å². The van der Waals surface area contributed by atoms with Crippen LogP contribution in [0.3, 0.4) is 0 Å². The molecule has 1 atom stereocenters. The monoisotopic (exact) mass is 337 g/mol. The summed E-state index contributed by atoms with van der Waals surface area (Å²) in [6.45, 7) is 5.63. The molecule has 1 N–H and O–H groups in total. The molecule has 2 fully saturated rings. The van der Waals surface area contributed by atoms with Crippen LogP contribution in [0.25, 0.3) is 0 Å². The fourth-order valence-electron chi connectivity index (χ4n) is 3.65. The van der Waals surface area contributed by atoms with Crippen molar-refractivity contribution < 1.29 is 0 Å². The van der Waals surface area contributed by atoms with E-state index in [0.29, 0.717) is 11.6 Å². The van der Waals surface area contributed by atoms with Crippen molar-refractivity contribution in [2.45, 2.75) is 57.2 Å². The van der Waals surface area contributed by atoms with E-state index in [0.717, 1.165) is 17.6 Å². The summed E-state index contributed by atoms with van der Waals surface area (Å²) in [6, 6.07) is 2.79. The summed E-state index contributed by atoms with van der Waals surface area (Å²) in [6.07, 6.45) is 10.7. The number of nitrogens with zero attached hydrogens (tertiary/aromatic N) is 2. The Morgan fingerprint density at radius 2 is 2.15 bits per heavy atom. The molecule has 1 spiro atoms. The molecule has 1 saturated heterocycles. The van der Waals surface area contributed by atoms with E-state index in [1.807, 2.05) is 12.4 Å². The molecule has 0 aromatic carbocycles. The van der Waals surface area contributed by atoms with Gasteiger partial charge in [-0.3, -0.25) is 9.88 Å². The summed E-state index contributed by atoms with van der Waals surface area (Å²) in [4.78, 5) is 6.92. The van der Waals surface area contributed by atoms with E-state index in [-0.39, 0.29) is 0 Å². The lowest BCUT2D eigenvalue weighted by Gasteiger charge is -2.49. The molecular formula is C16H24BrN3. The normalized spacial score (nSPS) is 26.8. The lowest BCUT2D eigenvalue weighted by Crippen LogP contribution is -2.63. The molecule has 0 amide bonds. The third-order valence-corrected chi connectivity index (χ3v) is 5.29. The lowest BCUT2D eigenvalue weighted by molar-refractivity contribution is 0.0572. The molecular weight excluding hydrogens is 314 g/mol. The number of piperazine rings is 1. The maximum absolute atomic E-state index is 4.29. The van der Waals surface area contributed by atoms with E-state index >= 15 is 0 Å². The highest BCUT2D eigenvalue weighted by molar-refractivity contribution is 9.10. The van der Waals surface area contributed by atoms with Gasteiger partial charge in [-0.1, -0.05) is 19.3 Å². The molecule has 4 heteroatoms. The van der Waals surface area contributed by atoms with Gasteiger partial charge < -0.3 is 5.32 Å². The summed E-state index contributed by atoms with van der Waals surface area (Å²) in [7, 11) is 0. The number of hydrogen-bond acceptors (Lipinski definition) is 3. The van der Waals surface area contributed by atoms with Crippen molar-refractivity contribution >= 4 is 15.9 Å². The number of rotatable bonds is 2. The predicted molar refractivity (Wildman–Crippen MR) is 85.6 cm³/mol. The summed E-state index contributed by atoms with van der Waals surface area (Å²) in [5.74, 6) is 0. The molecule has 1 aliphatic carbocycles. The van der Waals surface area contributed by atoms with Gasteiger partial charge in [0.15, 0.2) is 0 Å². The van der Waals surface area contributed by atoms with E-state index < -0.39 is 0 Å². The molecule has 0 bridgehead atoms. The van der Waals surface area contributed by atoms with Crippen molar-refractivity contribution in [2.24, 2.45) is 0 Å². The van der Waals surface area contributed by atoms with Gasteiger partial charge in [0.2, 0.25) is 0 Å². The largest absolute Gasteiger partial charge is 0.308 e. The Balaban J connectivity index is 1.70. The molecule has 1 aromatic heterocycles. The first-order chi connectivity index (χ1) is 9.67. The highest BCUT2D eigenvalue weighted by atomic mass is 79.9. The molecule has 20 heavy (non-hydrogen) atoms. The average molecular weight is 338 g/mol. The molecule has 1 aliphatic heterocycles. The second-order valence-corrected chi connectivity index (χ2v) is 7.40. The van der Waals surface area contributed by atoms with Crippen LogP contribution in [0.1, 0.15) is 44.6 Å². The highest BCUT2D eigenvalue weighted by Gasteiger charge is 2.38. The molecule has 1 unspecified atom stereocenters. The zero-order valence-electron chi connectivity index (χ0n) is 12.2. The molecule has 1 aromatic rings. The predicted octanol–water partition coefficient (Wildman–Crippen LogP) is 3.34. The first-order valence-electron chi connectivity index (χ1n) is 7.75. The summed E-state index contributed by atoms with van der Waals surface area (Å²) >= 11 is 3.52. The van der Waals surface area contributed by atoms with Gasteiger partial charge in [0.05, 0.1) is 0 Å². The quantitative estimate of drug-likeness (QED) is 0.896. The van der Waals surface area contributed by atoms with E-state index in [9.17, 15) is 0 Å². The minimum absolute atomic E-state index is 0.379. The van der Waals surface area contributed by atoms with Gasteiger partial charge >= 0.3 is 0 Å². The van der Waals surface area contributed by atoms with Crippen LogP contribution in [0.4, 0.5) is 0 Å². The SMILES string of the molecule is CC1CNC2(CCCCC2)CN1Cc1cncc(Br)c1. The number of aromatic nitrogens is 1. The zero-order chi connectivity index (χ0) is 14.0. The minimum atomic E-state index is 0.379. The Morgan fingerprint density at radius 1 is 1.35 bits per heavy atom. The smallest absolute Gasteiger partial charge is 0.0410 e. The Bertz CT molecular complexity index is 457. The van der Waals surface area contributed by atoms with Gasteiger partial charge in [-0.05, 0) is 47.3 Å². The molecule has 2 heterocycles. The van der Waals surface area contributed by atoms with Crippen molar-refractivity contribution in [3.05, 3.63) is 28.5 Å². The van der Waals surface area contributed by atoms with E-state index in [1.54, 1.807) is 0 Å². The summed E-state index contributed by atoms with van der Waals surface area (Å²) in [5.41, 5.74) is 1.68. The zero-order valence-corrected chi connectivity index (χ0v) is 13.8. The molecule has 110 valence electrons. The molecule has 3 rings (SSSR count). The third-order valence-electron chi connectivity index (χ3n) is 4.86. The maximum atomic E-state index is 4.29. The fraction of sp³-hybridized carbons (Fsp3) is 0.688. The molecule has 1 saturated carbocycles. The number of hydrogen-bond donors (Lipinski definition) is 1. The van der Waals surface area contributed by atoms with Crippen LogP contribution in [-0.2, 0) is 6.54 Å². The fourth-order valence-corrected chi connectivity index (χ4v) is 4.06. The van der Waals surface area contributed by atoms with Crippen LogP contribution in [0.5, 0.6) is 0 Å². The lowest BCUT2D eigenvalue weighted by atomic mass is 9.79. The van der Waals surface area contributed by atoms with Gasteiger partial charge in [0, 0.05) is 48.1 Å². The molecule has 2 aliphatic rings. The van der Waals surface area contributed by atoms with Crippen LogP contribution in [0.2, 0.25) is 0 Å². The number of halogens is 1. The number of pyridine rings is 1. The Labute approximate surface area is 130 Å². The Morgan fingerprint density at radius 3 is 2.90 bits per heavy atom. The topological polar surface area (TPSA) is 28.2 Å². The van der Waals surface area contributed by atoms with Gasteiger partial charge in [-0.15, -0.1) is 0 Å². The Kier molecular flexibility index (Phi) is 4.43. The summed E-state index contributed by atoms with van der Waals surface area (Å²) < 4.78 is 1.07. The van der Waals surface area contributed by atoms with Crippen LogP contribution in [-0.4, -0.2) is 34.6 Å². The van der Waals surface area contributed by atoms with Crippen LogP contribution in [0, 0.1) is 0 Å². The van der Waals surface area contributed by atoms with E-state index in [2.05, 4.69) is 44.1 Å². The van der Waals surface area contributed by atoms with Crippen molar-refractivity contribution in [3.8, 4) is 0 Å². The van der Waals surface area contributed by atoms with Crippen molar-refractivity contribution in [2.75, 3.05) is 13.1 Å². The van der Waals surface area contributed by atoms with Crippen LogP contribution >= 0.6 is 15.9 Å². The van der Waals surface area contributed by atoms with Gasteiger partial charge in [0.25, 0.3) is 0 Å². The van der Waals surface area contributed by atoms with Gasteiger partial charge in [-0.25, -0.2) is 0 Å². The third kappa shape index (κ3) is 3.23. The molecule has 3 nitrogen and oxygen atoms in total. The summed E-state index contributed by atoms with van der Waals surface area (Å²) in [5, 5.41) is 3.84. The van der Waals surface area contributed by atoms with Crippen LogP contribution < -0.4 is 5.32 Å². The van der Waals surface area contributed by atoms with Crippen molar-refractivity contribution in [3.63, 3.8) is 0 Å². The maximum Gasteiger partial charge on any atom is 0.0410 e. The first kappa shape index (κ1) is 14.5. The standard InChI is InChI=1S/C16H24BrN3/c1-13-8-19-16(5-3-2-4-6-16)12-20(13)11-14-7-15(17)10-18-9-14/h7,9-10,13,19H,2-6,8,11-12H2,1H3. The molecule has 0 radical (unpaired) electrons. The Hall–Kier alpha value is -0.450. The van der Waals surface area contributed by atoms with Crippen molar-refractivity contribution in [1.82, 2.24) is 15.2 Å². The van der Waals surface area contributed by atoms with Gasteiger partial charge in [0.1, 0.15) is 0 Å². The second-order valence-electron chi connectivity index (χ2n) is 6.49. The first-order valence-corrected chi connectivity index (χ1v) is 8.55. The van der Waals surface area contributed by atoms with E-state index in [1.165, 1.54) is 44.2 Å². The van der Waals surface area contributed by atoms with Crippen molar-refractivity contribution in [1.29, 1.82) is 0 Å². The minimum Gasteiger partial charge on any atom is -0.308 e. The average Bonchev–Trinajstić information content (AvgIpc) is 2.44. The number of nitrogens with one attached hydrogen (secondary N) is 1. The second kappa shape index (κ2) is 6.12.